The maximum atomic E-state index is 6.42. The van der Waals surface area contributed by atoms with Gasteiger partial charge >= 0.3 is 0 Å². The van der Waals surface area contributed by atoms with Crippen molar-refractivity contribution in [3.05, 3.63) is 211 Å². The Bertz CT molecular complexity index is 4980. The molecular weight excluding hydrogens is 1930 g/mol. The van der Waals surface area contributed by atoms with Crippen LogP contribution >= 0.6 is 54.5 Å². The highest BCUT2D eigenvalue weighted by atomic mass is 79.9. The van der Waals surface area contributed by atoms with Crippen LogP contribution in [0, 0.1) is 5.92 Å². The Kier molecular flexibility index (Phi) is 46.4. The summed E-state index contributed by atoms with van der Waals surface area (Å²) in [6.45, 7) is 26.3. The van der Waals surface area contributed by atoms with Crippen LogP contribution in [0.2, 0.25) is 0 Å². The van der Waals surface area contributed by atoms with Crippen molar-refractivity contribution in [1.29, 1.82) is 0 Å². The minimum Gasteiger partial charge on any atom is -0.493 e. The van der Waals surface area contributed by atoms with E-state index in [4.69, 9.17) is 56.8 Å². The van der Waals surface area contributed by atoms with Gasteiger partial charge < -0.3 is 56.8 Å². The third-order valence-corrected chi connectivity index (χ3v) is 35.5. The van der Waals surface area contributed by atoms with Gasteiger partial charge in [0.2, 0.25) is 0 Å². The molecule has 22 heteroatoms. The SMILES string of the molecule is Brc1cccc(CCOC2CCCCC2N2CCOCC2)c1.Brc1ccccc1CCOC1CCCCC1N1CCOCC1.COc1ccc(CCOC2CCCCC2N2CCOCC2)cc1OC.c1cc(CCOC2CCCCC2N2CCOCC2)c2ccsc2c1.c1ccc2c(CCCC3CCCCC3N3CCOCC3)csc2c1.c1ccc2c(CCOC3CCCCC3N3CCCC3)cccc2c1. The van der Waals surface area contributed by atoms with Gasteiger partial charge in [0, 0.05) is 120 Å². The van der Waals surface area contributed by atoms with Crippen molar-refractivity contribution in [2.24, 2.45) is 5.92 Å². The Morgan fingerprint density at radius 3 is 1.16 bits per heavy atom. The van der Waals surface area contributed by atoms with Crippen LogP contribution in [0.1, 0.15) is 213 Å². The first-order valence-electron chi connectivity index (χ1n) is 55.2. The lowest BCUT2D eigenvalue weighted by Crippen LogP contribution is -2.51. The summed E-state index contributed by atoms with van der Waals surface area (Å²) in [7, 11) is 3.34. The van der Waals surface area contributed by atoms with Crippen LogP contribution in [0.5, 0.6) is 11.5 Å². The van der Waals surface area contributed by atoms with E-state index in [0.717, 1.165) is 225 Å². The van der Waals surface area contributed by atoms with Crippen LogP contribution in [0.4, 0.5) is 0 Å². The second kappa shape index (κ2) is 60.3. The quantitative estimate of drug-likeness (QED) is 0.0396. The van der Waals surface area contributed by atoms with Crippen LogP contribution in [0.15, 0.2) is 177 Å². The molecule has 6 saturated heterocycles. The van der Waals surface area contributed by atoms with Gasteiger partial charge in [0.1, 0.15) is 0 Å². The third-order valence-electron chi connectivity index (χ3n) is 32.3. The Labute approximate surface area is 870 Å². The molecule has 12 aliphatic rings. The number of fused-ring (bicyclic) bond motifs is 3. The lowest BCUT2D eigenvalue weighted by atomic mass is 9.80. The van der Waals surface area contributed by atoms with Crippen LogP contribution in [-0.4, -0.2) is 288 Å². The van der Waals surface area contributed by atoms with Crippen molar-refractivity contribution in [3.8, 4) is 11.5 Å². The van der Waals surface area contributed by atoms with E-state index in [2.05, 4.69) is 218 Å². The molecule has 772 valence electrons. The molecule has 0 radical (unpaired) electrons. The molecule has 18 nitrogen and oxygen atoms in total. The number of halogens is 2. The zero-order chi connectivity index (χ0) is 96.5. The van der Waals surface area contributed by atoms with E-state index in [-0.39, 0.29) is 0 Å². The molecule has 12 unspecified atom stereocenters. The molecule has 7 aromatic carbocycles. The van der Waals surface area contributed by atoms with Crippen LogP contribution in [-0.2, 0) is 85.9 Å². The summed E-state index contributed by atoms with van der Waals surface area (Å²) in [6.07, 6.45) is 45.1. The lowest BCUT2D eigenvalue weighted by molar-refractivity contribution is -0.0648. The molecule has 12 fully saturated rings. The first-order valence-corrected chi connectivity index (χ1v) is 58.5. The number of methoxy groups -OCH3 is 2. The lowest BCUT2D eigenvalue weighted by Gasteiger charge is -2.42. The van der Waals surface area contributed by atoms with Crippen LogP contribution < -0.4 is 9.47 Å². The number of likely N-dealkylation sites (tertiary alicyclic amines) is 1. The van der Waals surface area contributed by atoms with Crippen molar-refractivity contribution < 1.29 is 56.8 Å². The first-order chi connectivity index (χ1) is 69.7. The maximum absolute atomic E-state index is 6.42. The topological polar surface area (TPSA) is 130 Å². The van der Waals surface area contributed by atoms with E-state index in [1.54, 1.807) is 19.8 Å². The number of morpholine rings is 5. The monoisotopic (exact) mass is 2100 g/mol. The van der Waals surface area contributed by atoms with Gasteiger partial charge in [-0.1, -0.05) is 218 Å². The summed E-state index contributed by atoms with van der Waals surface area (Å²) in [5, 5.41) is 10.2. The van der Waals surface area contributed by atoms with Crippen molar-refractivity contribution in [1.82, 2.24) is 29.4 Å². The molecule has 6 saturated carbocycles. The fraction of sp³-hybridized carbons (Fsp3) is 0.630. The van der Waals surface area contributed by atoms with Gasteiger partial charge in [-0.2, -0.15) is 0 Å². The standard InChI is InChI=1S/C22H29NO.C21H29NOS.C20H31NO4.C20H27NO2S.2C18H26BrNO2/c1-2-11-20-18(8-1)9-7-10-19(20)14-17-24-22-13-4-3-12-21(22)23-15-5-6-16-23;1-3-10-20(22-12-14-23-15-13-22)17(6-1)7-5-8-18-16-24-21-11-4-2-9-19(18)21;1-22-19-8-7-16(15-20(19)23-2)9-12-25-18-6-4-3-5-17(18)21-10-13-24-14-11-21;1-2-6-19(18(5-1)21-10-13-22-14-11-21)23-12-8-16-4-3-7-20-17(16)9-15-24-20;19-16-5-3-4-15(14-16)8-11-22-18-7-2-1-6-17(18)20-9-12-21-13-10-20;19-16-6-2-1-5-15(16)9-12-22-18-8-4-3-7-17(18)20-10-13-21-14-11-20/h1-2,7-11,21-22H,3-6,12-17H2;2,4,9,11,16-17,20H,1,3,5-8,10,12-15H2;7-8,15,17-18H,3-6,9-14H2,1-2H3;3-4,7,9,15,18-19H,1-2,5-6,8,10-14H2;3-5,14,17-18H,1-2,6-13H2;1-2,5-6,17-18H,3-4,7-14H2. The number of nitrogens with zero attached hydrogens (tertiary/aromatic N) is 6. The minimum absolute atomic E-state index is 0.354. The van der Waals surface area contributed by atoms with Gasteiger partial charge in [-0.3, -0.25) is 29.4 Å². The van der Waals surface area contributed by atoms with Gasteiger partial charge in [0.05, 0.1) is 144 Å². The van der Waals surface area contributed by atoms with Gasteiger partial charge in [0.25, 0.3) is 0 Å². The molecule has 0 spiro atoms. The Balaban J connectivity index is 0.000000122. The average molecular weight is 2100 g/mol. The van der Waals surface area contributed by atoms with Gasteiger partial charge in [-0.05, 0) is 274 Å². The molecule has 141 heavy (non-hydrogen) atoms. The second-order valence-corrected chi connectivity index (χ2v) is 44.7. The fourth-order valence-corrected chi connectivity index (χ4v) is 27.4. The highest BCUT2D eigenvalue weighted by Crippen LogP contribution is 2.39. The number of rotatable bonds is 32. The van der Waals surface area contributed by atoms with E-state index in [1.165, 1.54) is 263 Å². The summed E-state index contributed by atoms with van der Waals surface area (Å²) < 4.78 is 75.1. The van der Waals surface area contributed by atoms with E-state index in [0.29, 0.717) is 60.7 Å². The molecular formula is C119H168Br2N6O12S2. The summed E-state index contributed by atoms with van der Waals surface area (Å²) in [6, 6.07) is 59.9. The number of thiophene rings is 2. The summed E-state index contributed by atoms with van der Waals surface area (Å²) in [5.41, 5.74) is 8.30. The molecule has 6 aliphatic heterocycles. The van der Waals surface area contributed by atoms with E-state index in [9.17, 15) is 0 Å². The molecule has 8 heterocycles. The smallest absolute Gasteiger partial charge is 0.160 e. The Morgan fingerprint density at radius 2 is 0.667 bits per heavy atom. The van der Waals surface area contributed by atoms with Gasteiger partial charge in [0.15, 0.2) is 11.5 Å². The Hall–Kier alpha value is -5.36. The van der Waals surface area contributed by atoms with Crippen molar-refractivity contribution in [2.45, 2.75) is 285 Å². The van der Waals surface area contributed by atoms with Crippen molar-refractivity contribution >= 4 is 85.5 Å². The number of benzene rings is 7. The highest BCUT2D eigenvalue weighted by Gasteiger charge is 2.39. The van der Waals surface area contributed by atoms with E-state index in [1.807, 2.05) is 34.8 Å². The number of ether oxygens (including phenoxy) is 12. The second-order valence-electron chi connectivity index (χ2n) is 41.1. The van der Waals surface area contributed by atoms with E-state index >= 15 is 0 Å². The summed E-state index contributed by atoms with van der Waals surface area (Å²) in [4.78, 5) is 15.8. The molecule has 0 N–H and O–H groups in total. The van der Waals surface area contributed by atoms with Crippen LogP contribution in [0.25, 0.3) is 30.9 Å². The molecule has 21 rings (SSSR count). The summed E-state index contributed by atoms with van der Waals surface area (Å²) >= 11 is 10.9. The predicted octanol–water partition coefficient (Wildman–Crippen LogP) is 24.2. The minimum atomic E-state index is 0.354. The largest absolute Gasteiger partial charge is 0.493 e. The van der Waals surface area contributed by atoms with Gasteiger partial charge in [-0.25, -0.2) is 0 Å². The Morgan fingerprint density at radius 1 is 0.298 bits per heavy atom. The molecule has 0 bridgehead atoms. The molecule has 2 aromatic heterocycles. The molecule has 0 amide bonds. The normalized spacial score (nSPS) is 26.0. The average Bonchev–Trinajstić information content (AvgIpc) is 1.77. The zero-order valence-corrected chi connectivity index (χ0v) is 90.2. The zero-order valence-electron chi connectivity index (χ0n) is 85.4. The highest BCUT2D eigenvalue weighted by molar-refractivity contribution is 9.10. The molecule has 9 aromatic rings. The molecule has 12 atom stereocenters. The van der Waals surface area contributed by atoms with E-state index < -0.39 is 0 Å². The van der Waals surface area contributed by atoms with Gasteiger partial charge in [-0.15, -0.1) is 22.7 Å². The van der Waals surface area contributed by atoms with Crippen molar-refractivity contribution in [2.75, 3.05) is 192 Å². The first kappa shape index (κ1) is 108. The fourth-order valence-electron chi connectivity index (χ4n) is 24.7. The van der Waals surface area contributed by atoms with Crippen molar-refractivity contribution in [3.63, 3.8) is 0 Å². The summed E-state index contributed by atoms with van der Waals surface area (Å²) in [5.74, 6) is 2.46. The number of hydrogen-bond donors (Lipinski definition) is 0. The maximum Gasteiger partial charge on any atom is 0.160 e. The third kappa shape index (κ3) is 33.3. The predicted molar refractivity (Wildman–Crippen MR) is 585 cm³/mol. The number of aryl methyl sites for hydroxylation is 1. The number of hydrogen-bond acceptors (Lipinski definition) is 20. The van der Waals surface area contributed by atoms with Crippen LogP contribution in [0.3, 0.4) is 0 Å². The molecule has 6 aliphatic carbocycles.